The minimum atomic E-state index is -0.520. The van der Waals surface area contributed by atoms with Gasteiger partial charge in [0.1, 0.15) is 5.75 Å². The lowest BCUT2D eigenvalue weighted by Crippen LogP contribution is -2.23. The average Bonchev–Trinajstić information content (AvgIpc) is 2.62. The highest BCUT2D eigenvalue weighted by atomic mass is 32.2. The van der Waals surface area contributed by atoms with Crippen molar-refractivity contribution in [1.82, 2.24) is 9.97 Å². The summed E-state index contributed by atoms with van der Waals surface area (Å²) in [6.07, 6.45) is -0.110. The number of amides is 1. The van der Waals surface area contributed by atoms with Gasteiger partial charge in [-0.3, -0.25) is 14.4 Å². The number of H-pyrrole nitrogens is 1. The highest BCUT2D eigenvalue weighted by Gasteiger charge is 2.17. The highest BCUT2D eigenvalue weighted by Crippen LogP contribution is 2.21. The fraction of sp³-hybridized carbons (Fsp3) is 0.333. The molecule has 0 bridgehead atoms. The Labute approximate surface area is 160 Å². The van der Waals surface area contributed by atoms with E-state index in [9.17, 15) is 14.4 Å². The van der Waals surface area contributed by atoms with Gasteiger partial charge in [-0.05, 0) is 38.1 Å². The molecule has 9 heteroatoms. The third-order valence-corrected chi connectivity index (χ3v) is 4.40. The molecule has 1 aromatic heterocycles. The number of benzene rings is 1. The number of thioether (sulfide) groups is 1. The first kappa shape index (κ1) is 20.5. The number of methoxy groups -OCH3 is 1. The van der Waals surface area contributed by atoms with E-state index in [4.69, 9.17) is 4.74 Å². The van der Waals surface area contributed by atoms with Crippen LogP contribution in [0, 0.1) is 0 Å². The summed E-state index contributed by atoms with van der Waals surface area (Å²) in [4.78, 5) is 42.2. The van der Waals surface area contributed by atoms with Gasteiger partial charge in [0.25, 0.3) is 5.56 Å². The maximum Gasteiger partial charge on any atom is 0.311 e. The second-order valence-corrected chi connectivity index (χ2v) is 6.83. The Morgan fingerprint density at radius 1 is 1.30 bits per heavy atom. The topological polar surface area (TPSA) is 110 Å². The number of esters is 1. The monoisotopic (exact) mass is 391 g/mol. The molecule has 0 saturated heterocycles. The van der Waals surface area contributed by atoms with Crippen molar-refractivity contribution in [3.63, 3.8) is 0 Å². The van der Waals surface area contributed by atoms with Gasteiger partial charge in [0.2, 0.25) is 5.91 Å². The van der Waals surface area contributed by atoms with Crippen LogP contribution in [0.1, 0.15) is 19.5 Å². The van der Waals surface area contributed by atoms with Crippen LogP contribution < -0.4 is 15.6 Å². The summed E-state index contributed by atoms with van der Waals surface area (Å²) in [7, 11) is 1.26. The Bertz CT molecular complexity index is 851. The lowest BCUT2D eigenvalue weighted by Gasteiger charge is -2.12. The van der Waals surface area contributed by atoms with E-state index in [-0.39, 0.29) is 23.2 Å². The smallest absolute Gasteiger partial charge is 0.311 e. The fourth-order valence-electron chi connectivity index (χ4n) is 2.12. The van der Waals surface area contributed by atoms with Gasteiger partial charge < -0.3 is 19.8 Å². The molecule has 1 aromatic carbocycles. The Morgan fingerprint density at radius 3 is 2.63 bits per heavy atom. The maximum atomic E-state index is 12.4. The van der Waals surface area contributed by atoms with Gasteiger partial charge in [-0.2, -0.15) is 0 Å². The Kier molecular flexibility index (Phi) is 7.42. The third kappa shape index (κ3) is 6.45. The van der Waals surface area contributed by atoms with Crippen LogP contribution in [0.3, 0.4) is 0 Å². The van der Waals surface area contributed by atoms with Crippen molar-refractivity contribution in [2.45, 2.75) is 30.7 Å². The molecule has 0 spiro atoms. The molecule has 2 rings (SSSR count). The van der Waals surface area contributed by atoms with Crippen LogP contribution in [0.5, 0.6) is 5.75 Å². The van der Waals surface area contributed by atoms with Crippen LogP contribution in [0.15, 0.2) is 40.3 Å². The summed E-state index contributed by atoms with van der Waals surface area (Å²) in [5, 5.41) is 2.53. The first-order valence-corrected chi connectivity index (χ1v) is 9.16. The molecule has 0 aliphatic carbocycles. The van der Waals surface area contributed by atoms with Gasteiger partial charge in [-0.25, -0.2) is 4.98 Å². The second-order valence-electron chi connectivity index (χ2n) is 5.50. The second kappa shape index (κ2) is 9.77. The SMILES string of the molecule is CCOc1ccc(NC(=O)[C@@H](C)Sc2nc(CC(=O)OC)cc(=O)[nH]2)cc1. The molecule has 1 heterocycles. The molecule has 0 unspecified atom stereocenters. The molecule has 0 aliphatic heterocycles. The normalized spacial score (nSPS) is 11.5. The molecule has 2 N–H and O–H groups in total. The zero-order chi connectivity index (χ0) is 19.8. The molecular weight excluding hydrogens is 370 g/mol. The van der Waals surface area contributed by atoms with Crippen molar-refractivity contribution in [3.8, 4) is 5.75 Å². The molecule has 1 atom stereocenters. The number of nitrogens with zero attached hydrogens (tertiary/aromatic N) is 1. The molecular formula is C18H21N3O5S. The van der Waals surface area contributed by atoms with Crippen molar-refractivity contribution in [2.24, 2.45) is 0 Å². The zero-order valence-corrected chi connectivity index (χ0v) is 16.1. The summed E-state index contributed by atoms with van der Waals surface area (Å²) in [5.41, 5.74) is 0.523. The minimum absolute atomic E-state index is 0.110. The molecule has 1 amide bonds. The van der Waals surface area contributed by atoms with Crippen molar-refractivity contribution in [2.75, 3.05) is 19.0 Å². The molecule has 0 saturated carbocycles. The first-order chi connectivity index (χ1) is 12.9. The average molecular weight is 391 g/mol. The van der Waals surface area contributed by atoms with Crippen LogP contribution >= 0.6 is 11.8 Å². The largest absolute Gasteiger partial charge is 0.494 e. The Balaban J connectivity index is 2.01. The number of nitrogens with one attached hydrogen (secondary N) is 2. The van der Waals surface area contributed by atoms with Crippen LogP contribution in [0.25, 0.3) is 0 Å². The fourth-order valence-corrected chi connectivity index (χ4v) is 2.95. The Hall–Kier alpha value is -2.81. The number of carbonyl (C=O) groups is 2. The van der Waals surface area contributed by atoms with E-state index in [2.05, 4.69) is 20.0 Å². The number of rotatable bonds is 8. The highest BCUT2D eigenvalue weighted by molar-refractivity contribution is 8.00. The van der Waals surface area contributed by atoms with Gasteiger partial charge in [0.15, 0.2) is 5.16 Å². The number of hydrogen-bond donors (Lipinski definition) is 2. The minimum Gasteiger partial charge on any atom is -0.494 e. The summed E-state index contributed by atoms with van der Waals surface area (Å²) in [6, 6.07) is 8.26. The van der Waals surface area contributed by atoms with Crippen molar-refractivity contribution in [3.05, 3.63) is 46.4 Å². The maximum absolute atomic E-state index is 12.4. The Morgan fingerprint density at radius 2 is 2.00 bits per heavy atom. The summed E-state index contributed by atoms with van der Waals surface area (Å²) in [5.74, 6) is -0.0161. The van der Waals surface area contributed by atoms with Crippen LogP contribution in [0.4, 0.5) is 5.69 Å². The standard InChI is InChI=1S/C18H21N3O5S/c1-4-26-14-7-5-12(6-8-14)19-17(24)11(2)27-18-20-13(9-15(22)21-18)10-16(23)25-3/h5-9,11H,4,10H2,1-3H3,(H,19,24)(H,20,21,22)/t11-/m1/s1. The summed E-state index contributed by atoms with van der Waals surface area (Å²) >= 11 is 1.09. The number of anilines is 1. The van der Waals surface area contributed by atoms with E-state index < -0.39 is 16.8 Å². The summed E-state index contributed by atoms with van der Waals surface area (Å²) in [6.45, 7) is 4.16. The van der Waals surface area contributed by atoms with Crippen LogP contribution in [-0.2, 0) is 20.7 Å². The number of aromatic amines is 1. The molecule has 8 nitrogen and oxygen atoms in total. The molecule has 144 valence electrons. The van der Waals surface area contributed by atoms with Crippen molar-refractivity contribution < 1.29 is 19.1 Å². The predicted molar refractivity (Wildman–Crippen MR) is 102 cm³/mol. The van der Waals surface area contributed by atoms with Crippen molar-refractivity contribution in [1.29, 1.82) is 0 Å². The molecule has 2 aromatic rings. The summed E-state index contributed by atoms with van der Waals surface area (Å²) < 4.78 is 9.93. The van der Waals surface area contributed by atoms with Crippen molar-refractivity contribution >= 4 is 29.3 Å². The van der Waals surface area contributed by atoms with E-state index >= 15 is 0 Å². The van der Waals surface area contributed by atoms with Gasteiger partial charge >= 0.3 is 5.97 Å². The lowest BCUT2D eigenvalue weighted by atomic mass is 10.3. The molecule has 0 fully saturated rings. The van der Waals surface area contributed by atoms with Crippen LogP contribution in [-0.4, -0.2) is 40.8 Å². The van der Waals surface area contributed by atoms with E-state index in [1.165, 1.54) is 13.2 Å². The van der Waals surface area contributed by atoms with Gasteiger partial charge in [-0.1, -0.05) is 11.8 Å². The number of carbonyl (C=O) groups excluding carboxylic acids is 2. The molecule has 0 aliphatic rings. The third-order valence-electron chi connectivity index (χ3n) is 3.42. The van der Waals surface area contributed by atoms with E-state index in [1.54, 1.807) is 31.2 Å². The number of ether oxygens (including phenoxy) is 2. The first-order valence-electron chi connectivity index (χ1n) is 8.28. The van der Waals surface area contributed by atoms with E-state index in [0.29, 0.717) is 12.3 Å². The number of aromatic nitrogens is 2. The predicted octanol–water partition coefficient (Wildman–Crippen LogP) is 2.00. The zero-order valence-electron chi connectivity index (χ0n) is 15.3. The quantitative estimate of drug-likeness (QED) is 0.402. The van der Waals surface area contributed by atoms with E-state index in [0.717, 1.165) is 17.5 Å². The van der Waals surface area contributed by atoms with Crippen LogP contribution in [0.2, 0.25) is 0 Å². The number of hydrogen-bond acceptors (Lipinski definition) is 7. The van der Waals surface area contributed by atoms with Gasteiger partial charge in [0.05, 0.1) is 31.1 Å². The molecule has 27 heavy (non-hydrogen) atoms. The van der Waals surface area contributed by atoms with Gasteiger partial charge in [-0.15, -0.1) is 0 Å². The van der Waals surface area contributed by atoms with E-state index in [1.807, 2.05) is 6.92 Å². The lowest BCUT2D eigenvalue weighted by molar-refractivity contribution is -0.139. The molecule has 0 radical (unpaired) electrons. The van der Waals surface area contributed by atoms with Gasteiger partial charge in [0, 0.05) is 11.8 Å².